The van der Waals surface area contributed by atoms with E-state index in [9.17, 15) is 9.18 Å². The van der Waals surface area contributed by atoms with Crippen LogP contribution >= 0.6 is 0 Å². The lowest BCUT2D eigenvalue weighted by Crippen LogP contribution is -2.38. The van der Waals surface area contributed by atoms with Crippen LogP contribution in [-0.2, 0) is 7.05 Å². The minimum Gasteiger partial charge on any atom is -0.472 e. The zero-order valence-electron chi connectivity index (χ0n) is 16.5. The van der Waals surface area contributed by atoms with Crippen LogP contribution in [0.25, 0.3) is 11.3 Å². The first-order valence-electron chi connectivity index (χ1n) is 9.54. The molecule has 1 aliphatic rings. The highest BCUT2D eigenvalue weighted by molar-refractivity contribution is 6.09. The first-order chi connectivity index (χ1) is 15.1. The zero-order valence-corrected chi connectivity index (χ0v) is 16.5. The number of carbonyl (C=O) groups is 1. The van der Waals surface area contributed by atoms with Gasteiger partial charge in [-0.05, 0) is 42.5 Å². The first-order valence-corrected chi connectivity index (χ1v) is 9.54. The molecule has 2 aromatic carbocycles. The maximum absolute atomic E-state index is 13.6. The van der Waals surface area contributed by atoms with Gasteiger partial charge in [0.05, 0.1) is 23.1 Å². The van der Waals surface area contributed by atoms with E-state index in [0.717, 1.165) is 11.3 Å². The van der Waals surface area contributed by atoms with E-state index in [2.05, 4.69) is 10.1 Å². The van der Waals surface area contributed by atoms with Crippen LogP contribution < -0.4 is 14.4 Å². The Morgan fingerprint density at radius 3 is 2.77 bits per heavy atom. The fraction of sp³-hybridized carbons (Fsp3) is 0.0870. The molecule has 2 aromatic heterocycles. The molecule has 154 valence electrons. The molecule has 4 aromatic rings. The molecule has 0 aliphatic carbocycles. The number of benzene rings is 2. The Bertz CT molecular complexity index is 1290. The van der Waals surface area contributed by atoms with Gasteiger partial charge in [0.15, 0.2) is 6.73 Å². The summed E-state index contributed by atoms with van der Waals surface area (Å²) in [5.41, 5.74) is 2.36. The Morgan fingerprint density at radius 2 is 1.97 bits per heavy atom. The van der Waals surface area contributed by atoms with Crippen molar-refractivity contribution in [1.29, 1.82) is 0 Å². The molecule has 8 heteroatoms. The van der Waals surface area contributed by atoms with E-state index in [0.29, 0.717) is 28.5 Å². The van der Waals surface area contributed by atoms with Crippen molar-refractivity contribution in [3.05, 3.63) is 84.6 Å². The molecule has 0 N–H and O–H groups in total. The molecule has 0 radical (unpaired) electrons. The number of ether oxygens (including phenoxy) is 2. The lowest BCUT2D eigenvalue weighted by atomic mass is 10.1. The van der Waals surface area contributed by atoms with E-state index in [1.165, 1.54) is 17.0 Å². The number of aromatic nitrogens is 3. The van der Waals surface area contributed by atoms with Crippen LogP contribution in [0.5, 0.6) is 17.2 Å². The molecule has 0 atom stereocenters. The molecule has 5 rings (SSSR count). The van der Waals surface area contributed by atoms with Crippen molar-refractivity contribution < 1.29 is 18.7 Å². The molecule has 7 nitrogen and oxygen atoms in total. The van der Waals surface area contributed by atoms with Crippen LogP contribution in [-0.4, -0.2) is 27.4 Å². The number of hydrogen-bond acceptors (Lipinski definition) is 5. The van der Waals surface area contributed by atoms with Gasteiger partial charge in [-0.1, -0.05) is 6.07 Å². The van der Waals surface area contributed by atoms with Gasteiger partial charge in [0.25, 0.3) is 5.91 Å². The summed E-state index contributed by atoms with van der Waals surface area (Å²) in [6, 6.07) is 14.4. The topological polar surface area (TPSA) is 69.5 Å². The van der Waals surface area contributed by atoms with Gasteiger partial charge < -0.3 is 9.47 Å². The third-order valence-corrected chi connectivity index (χ3v) is 4.86. The fourth-order valence-corrected chi connectivity index (χ4v) is 3.36. The van der Waals surface area contributed by atoms with Crippen LogP contribution in [0, 0.1) is 5.82 Å². The predicted octanol–water partition coefficient (Wildman–Crippen LogP) is 4.41. The van der Waals surface area contributed by atoms with E-state index in [1.54, 1.807) is 59.5 Å². The second-order valence-corrected chi connectivity index (χ2v) is 7.03. The Hall–Kier alpha value is -4.20. The van der Waals surface area contributed by atoms with Crippen LogP contribution in [0.15, 0.2) is 73.2 Å². The number of amides is 1. The SMILES string of the molecule is Cn1cc(-c2cc(Oc3ccc4c(c3)C(=O)N(c3cccc(F)c3)CO4)ccn2)cn1. The number of rotatable bonds is 4. The maximum atomic E-state index is 13.6. The maximum Gasteiger partial charge on any atom is 0.264 e. The summed E-state index contributed by atoms with van der Waals surface area (Å²) in [6.45, 7) is 0.00825. The summed E-state index contributed by atoms with van der Waals surface area (Å²) >= 11 is 0. The largest absolute Gasteiger partial charge is 0.472 e. The van der Waals surface area contributed by atoms with Crippen molar-refractivity contribution in [1.82, 2.24) is 14.8 Å². The summed E-state index contributed by atoms with van der Waals surface area (Å²) in [5, 5.41) is 4.16. The Balaban J connectivity index is 1.41. The highest BCUT2D eigenvalue weighted by atomic mass is 19.1. The summed E-state index contributed by atoms with van der Waals surface area (Å²) in [5.74, 6) is 0.786. The van der Waals surface area contributed by atoms with E-state index >= 15 is 0 Å². The molecule has 1 amide bonds. The molecule has 0 saturated carbocycles. The smallest absolute Gasteiger partial charge is 0.264 e. The molecule has 0 bridgehead atoms. The van der Waals surface area contributed by atoms with Gasteiger partial charge in [-0.25, -0.2) is 4.39 Å². The van der Waals surface area contributed by atoms with Crippen LogP contribution in [0.4, 0.5) is 10.1 Å². The number of halogens is 1. The van der Waals surface area contributed by atoms with E-state index in [-0.39, 0.29) is 12.6 Å². The van der Waals surface area contributed by atoms with Crippen molar-refractivity contribution in [2.24, 2.45) is 7.05 Å². The second kappa shape index (κ2) is 7.56. The number of anilines is 1. The Labute approximate surface area is 177 Å². The van der Waals surface area contributed by atoms with E-state index < -0.39 is 5.82 Å². The minimum absolute atomic E-state index is 0.00825. The fourth-order valence-electron chi connectivity index (χ4n) is 3.36. The molecule has 0 spiro atoms. The monoisotopic (exact) mass is 416 g/mol. The predicted molar refractivity (Wildman–Crippen MR) is 112 cm³/mol. The number of pyridine rings is 1. The van der Waals surface area contributed by atoms with Crippen molar-refractivity contribution in [2.75, 3.05) is 11.6 Å². The van der Waals surface area contributed by atoms with E-state index in [4.69, 9.17) is 9.47 Å². The van der Waals surface area contributed by atoms with Crippen molar-refractivity contribution in [2.45, 2.75) is 0 Å². The van der Waals surface area contributed by atoms with Crippen molar-refractivity contribution in [3.63, 3.8) is 0 Å². The van der Waals surface area contributed by atoms with Gasteiger partial charge in [0.1, 0.15) is 23.1 Å². The van der Waals surface area contributed by atoms with Gasteiger partial charge in [0.2, 0.25) is 0 Å². The number of aryl methyl sites for hydroxylation is 1. The van der Waals surface area contributed by atoms with Gasteiger partial charge >= 0.3 is 0 Å². The molecular formula is C23H17FN4O3. The third kappa shape index (κ3) is 3.71. The van der Waals surface area contributed by atoms with Crippen molar-refractivity contribution in [3.8, 4) is 28.5 Å². The number of carbonyl (C=O) groups excluding carboxylic acids is 1. The highest BCUT2D eigenvalue weighted by Crippen LogP contribution is 2.33. The van der Waals surface area contributed by atoms with E-state index in [1.807, 2.05) is 13.2 Å². The molecule has 1 aliphatic heterocycles. The van der Waals surface area contributed by atoms with Gasteiger partial charge in [0, 0.05) is 31.1 Å². The van der Waals surface area contributed by atoms with Gasteiger partial charge in [-0.3, -0.25) is 19.4 Å². The summed E-state index contributed by atoms with van der Waals surface area (Å²) < 4.78 is 27.0. The standard InChI is InChI=1S/C23H17FN4O3/c1-27-13-15(12-26-27)21-11-19(7-8-25-21)31-18-5-6-22-20(10-18)23(29)28(14-30-22)17-4-2-3-16(24)9-17/h2-13H,14H2,1H3. The third-order valence-electron chi connectivity index (χ3n) is 4.86. The van der Waals surface area contributed by atoms with Gasteiger partial charge in [-0.2, -0.15) is 5.10 Å². The Morgan fingerprint density at radius 1 is 1.10 bits per heavy atom. The van der Waals surface area contributed by atoms with Crippen LogP contribution in [0.2, 0.25) is 0 Å². The summed E-state index contributed by atoms with van der Waals surface area (Å²) in [7, 11) is 1.84. The highest BCUT2D eigenvalue weighted by Gasteiger charge is 2.27. The number of fused-ring (bicyclic) bond motifs is 1. The summed E-state index contributed by atoms with van der Waals surface area (Å²) in [6.07, 6.45) is 5.24. The molecule has 31 heavy (non-hydrogen) atoms. The molecule has 0 unspecified atom stereocenters. The normalized spacial score (nSPS) is 13.0. The number of nitrogens with zero attached hydrogens (tertiary/aromatic N) is 4. The Kier molecular flexibility index (Phi) is 4.59. The quantitative estimate of drug-likeness (QED) is 0.493. The van der Waals surface area contributed by atoms with Gasteiger partial charge in [-0.15, -0.1) is 0 Å². The second-order valence-electron chi connectivity index (χ2n) is 7.03. The summed E-state index contributed by atoms with van der Waals surface area (Å²) in [4.78, 5) is 18.8. The molecule has 0 fully saturated rings. The molecule has 0 saturated heterocycles. The van der Waals surface area contributed by atoms with Crippen LogP contribution in [0.1, 0.15) is 10.4 Å². The molecule has 3 heterocycles. The first kappa shape index (κ1) is 18.8. The average molecular weight is 416 g/mol. The lowest BCUT2D eigenvalue weighted by molar-refractivity contribution is 0.0936. The van der Waals surface area contributed by atoms with Crippen molar-refractivity contribution >= 4 is 11.6 Å². The zero-order chi connectivity index (χ0) is 21.4. The molecular weight excluding hydrogens is 399 g/mol. The lowest BCUT2D eigenvalue weighted by Gasteiger charge is -2.29. The number of hydrogen-bond donors (Lipinski definition) is 0. The minimum atomic E-state index is -0.421. The average Bonchev–Trinajstić information content (AvgIpc) is 3.21. The van der Waals surface area contributed by atoms with Crippen LogP contribution in [0.3, 0.4) is 0 Å².